The number of benzene rings is 1. The molecule has 0 unspecified atom stereocenters. The molecular formula is C12H14O2S. The van der Waals surface area contributed by atoms with E-state index in [0.717, 1.165) is 4.90 Å². The summed E-state index contributed by atoms with van der Waals surface area (Å²) in [5, 5.41) is 0. The summed E-state index contributed by atoms with van der Waals surface area (Å²) < 4.78 is 5.08. The van der Waals surface area contributed by atoms with Crippen molar-refractivity contribution in [2.45, 2.75) is 4.90 Å². The molecule has 0 spiro atoms. The molecule has 0 heterocycles. The Kier molecular flexibility index (Phi) is 5.15. The van der Waals surface area contributed by atoms with Gasteiger partial charge in [-0.25, -0.2) is 0 Å². The van der Waals surface area contributed by atoms with Crippen molar-refractivity contribution in [2.75, 3.05) is 19.5 Å². The first-order valence-electron chi connectivity index (χ1n) is 4.64. The molecule has 0 saturated heterocycles. The molecule has 0 aliphatic carbocycles. The highest BCUT2D eigenvalue weighted by Gasteiger charge is 2.04. The smallest absolute Gasteiger partial charge is 0.188 e. The van der Waals surface area contributed by atoms with Crippen LogP contribution in [0.4, 0.5) is 0 Å². The van der Waals surface area contributed by atoms with Crippen LogP contribution in [0, 0.1) is 0 Å². The summed E-state index contributed by atoms with van der Waals surface area (Å²) in [4.78, 5) is 12.7. The Bertz CT molecular complexity index is 330. The second kappa shape index (κ2) is 6.43. The molecule has 0 radical (unpaired) electrons. The van der Waals surface area contributed by atoms with Gasteiger partial charge in [0.2, 0.25) is 0 Å². The number of thioether (sulfide) groups is 1. The number of hydrogen-bond acceptors (Lipinski definition) is 3. The van der Waals surface area contributed by atoms with E-state index in [4.69, 9.17) is 4.74 Å². The minimum Gasteiger partial charge on any atom is -0.369 e. The number of carbonyl (C=O) groups is 1. The molecule has 0 saturated carbocycles. The van der Waals surface area contributed by atoms with E-state index in [1.165, 1.54) is 0 Å². The maximum absolute atomic E-state index is 11.6. The number of carbonyl (C=O) groups excluding carboxylic acids is 1. The van der Waals surface area contributed by atoms with Gasteiger partial charge in [-0.2, -0.15) is 0 Å². The molecule has 0 atom stereocenters. The van der Waals surface area contributed by atoms with Gasteiger partial charge in [0.05, 0.1) is 6.61 Å². The third-order valence-electron chi connectivity index (χ3n) is 1.88. The molecule has 0 aliphatic heterocycles. The van der Waals surface area contributed by atoms with Crippen molar-refractivity contribution in [3.8, 4) is 0 Å². The first kappa shape index (κ1) is 12.0. The average Bonchev–Trinajstić information content (AvgIpc) is 2.29. The van der Waals surface area contributed by atoms with Crippen LogP contribution in [0.25, 0.3) is 0 Å². The van der Waals surface area contributed by atoms with Crippen LogP contribution < -0.4 is 0 Å². The first-order chi connectivity index (χ1) is 7.27. The number of Topliss-reactive ketones (excluding diaryl/α,β-unsaturated/α-hetero) is 1. The van der Waals surface area contributed by atoms with Crippen molar-refractivity contribution in [1.82, 2.24) is 0 Å². The Labute approximate surface area is 94.3 Å². The molecule has 80 valence electrons. The van der Waals surface area contributed by atoms with Crippen LogP contribution in [0.3, 0.4) is 0 Å². The maximum Gasteiger partial charge on any atom is 0.188 e. The number of rotatable bonds is 6. The zero-order valence-electron chi connectivity index (χ0n) is 8.73. The summed E-state index contributed by atoms with van der Waals surface area (Å²) >= 11 is 1.65. The lowest BCUT2D eigenvalue weighted by molar-refractivity contribution is 0.0806. The molecule has 0 amide bonds. The van der Waals surface area contributed by atoms with Crippen LogP contribution in [-0.4, -0.2) is 25.3 Å². The van der Waals surface area contributed by atoms with Crippen LogP contribution in [0.2, 0.25) is 0 Å². The van der Waals surface area contributed by atoms with E-state index in [1.54, 1.807) is 17.8 Å². The molecule has 0 fully saturated rings. The van der Waals surface area contributed by atoms with Crippen molar-refractivity contribution in [1.29, 1.82) is 0 Å². The molecule has 2 nitrogen and oxygen atoms in total. The van der Waals surface area contributed by atoms with E-state index >= 15 is 0 Å². The summed E-state index contributed by atoms with van der Waals surface area (Å²) in [5.74, 6) is 0.00417. The molecule has 1 aromatic carbocycles. The Hall–Kier alpha value is -1.06. The molecular weight excluding hydrogens is 208 g/mol. The van der Waals surface area contributed by atoms with Gasteiger partial charge in [-0.3, -0.25) is 4.79 Å². The van der Waals surface area contributed by atoms with Gasteiger partial charge in [0.15, 0.2) is 5.78 Å². The minimum absolute atomic E-state index is 0.00417. The molecule has 15 heavy (non-hydrogen) atoms. The Morgan fingerprint density at radius 3 is 2.67 bits per heavy atom. The summed E-state index contributed by atoms with van der Waals surface area (Å²) in [5.41, 5.74) is 0.692. The highest BCUT2D eigenvalue weighted by molar-refractivity contribution is 7.98. The van der Waals surface area contributed by atoms with Gasteiger partial charge in [-0.05, 0) is 18.4 Å². The Balaban J connectivity index is 2.54. The fraction of sp³-hybridized carbons (Fsp3) is 0.250. The predicted molar refractivity (Wildman–Crippen MR) is 63.6 cm³/mol. The van der Waals surface area contributed by atoms with Gasteiger partial charge in [-0.15, -0.1) is 18.3 Å². The minimum atomic E-state index is 0.00417. The van der Waals surface area contributed by atoms with Crippen molar-refractivity contribution in [3.05, 3.63) is 42.5 Å². The zero-order valence-corrected chi connectivity index (χ0v) is 9.55. The summed E-state index contributed by atoms with van der Waals surface area (Å²) in [6.45, 7) is 4.04. The van der Waals surface area contributed by atoms with Crippen LogP contribution >= 0.6 is 11.8 Å². The summed E-state index contributed by atoms with van der Waals surface area (Å²) in [7, 11) is 0. The SMILES string of the molecule is C=CCOCC(=O)c1ccc(SC)cc1. The third-order valence-corrected chi connectivity index (χ3v) is 2.62. The number of ether oxygens (including phenoxy) is 1. The zero-order chi connectivity index (χ0) is 11.1. The summed E-state index contributed by atoms with van der Waals surface area (Å²) in [6, 6.07) is 7.52. The fourth-order valence-electron chi connectivity index (χ4n) is 1.10. The Morgan fingerprint density at radius 1 is 1.47 bits per heavy atom. The number of hydrogen-bond donors (Lipinski definition) is 0. The monoisotopic (exact) mass is 222 g/mol. The van der Waals surface area contributed by atoms with Crippen molar-refractivity contribution in [2.24, 2.45) is 0 Å². The predicted octanol–water partition coefficient (Wildman–Crippen LogP) is 2.79. The maximum atomic E-state index is 11.6. The Morgan fingerprint density at radius 2 is 2.13 bits per heavy atom. The van der Waals surface area contributed by atoms with Crippen LogP contribution in [0.5, 0.6) is 0 Å². The van der Waals surface area contributed by atoms with Gasteiger partial charge < -0.3 is 4.74 Å². The highest BCUT2D eigenvalue weighted by atomic mass is 32.2. The molecule has 1 aromatic rings. The van der Waals surface area contributed by atoms with E-state index in [-0.39, 0.29) is 12.4 Å². The lowest BCUT2D eigenvalue weighted by Gasteiger charge is -2.02. The van der Waals surface area contributed by atoms with E-state index < -0.39 is 0 Å². The van der Waals surface area contributed by atoms with E-state index in [2.05, 4.69) is 6.58 Å². The van der Waals surface area contributed by atoms with Crippen LogP contribution in [-0.2, 0) is 4.74 Å². The van der Waals surface area contributed by atoms with Gasteiger partial charge in [-0.1, -0.05) is 18.2 Å². The van der Waals surface area contributed by atoms with Crippen molar-refractivity contribution < 1.29 is 9.53 Å². The quantitative estimate of drug-likeness (QED) is 0.320. The molecule has 0 bridgehead atoms. The van der Waals surface area contributed by atoms with E-state index in [0.29, 0.717) is 12.2 Å². The third kappa shape index (κ3) is 3.90. The highest BCUT2D eigenvalue weighted by Crippen LogP contribution is 2.15. The molecule has 1 rings (SSSR count). The van der Waals surface area contributed by atoms with Gasteiger partial charge in [0, 0.05) is 10.5 Å². The van der Waals surface area contributed by atoms with E-state index in [1.807, 2.05) is 30.5 Å². The largest absolute Gasteiger partial charge is 0.369 e. The molecule has 0 N–H and O–H groups in total. The van der Waals surface area contributed by atoms with E-state index in [9.17, 15) is 4.79 Å². The van der Waals surface area contributed by atoms with Crippen molar-refractivity contribution >= 4 is 17.5 Å². The van der Waals surface area contributed by atoms with Crippen LogP contribution in [0.15, 0.2) is 41.8 Å². The molecule has 3 heteroatoms. The number of ketones is 1. The van der Waals surface area contributed by atoms with Gasteiger partial charge in [0.25, 0.3) is 0 Å². The molecule has 0 aliphatic rings. The first-order valence-corrected chi connectivity index (χ1v) is 5.86. The average molecular weight is 222 g/mol. The van der Waals surface area contributed by atoms with Gasteiger partial charge >= 0.3 is 0 Å². The summed E-state index contributed by atoms with van der Waals surface area (Å²) in [6.07, 6.45) is 3.63. The van der Waals surface area contributed by atoms with Crippen molar-refractivity contribution in [3.63, 3.8) is 0 Å². The van der Waals surface area contributed by atoms with Gasteiger partial charge in [0.1, 0.15) is 6.61 Å². The lowest BCUT2D eigenvalue weighted by atomic mass is 10.1. The fourth-order valence-corrected chi connectivity index (χ4v) is 1.50. The standard InChI is InChI=1S/C12H14O2S/c1-3-8-14-9-12(13)10-4-6-11(15-2)7-5-10/h3-7H,1,8-9H2,2H3. The molecule has 0 aromatic heterocycles. The lowest BCUT2D eigenvalue weighted by Crippen LogP contribution is -2.08. The second-order valence-electron chi connectivity index (χ2n) is 2.96. The topological polar surface area (TPSA) is 26.3 Å². The normalized spacial score (nSPS) is 9.93. The second-order valence-corrected chi connectivity index (χ2v) is 3.84. The van der Waals surface area contributed by atoms with Crippen LogP contribution in [0.1, 0.15) is 10.4 Å².